The largest absolute Gasteiger partial charge is 0.396 e. The SMILES string of the molecule is CC.CC(C)S.CCC(=O)C(C)(C)CCC(C)(C)C(=O)N1Cc2ccccc2/C(N)=C(/N(N)C(C)(C)CCP(C)(=O)NC)c2ccccc21. The highest BCUT2D eigenvalue weighted by Crippen LogP contribution is 2.44. The Morgan fingerprint density at radius 2 is 1.43 bits per heavy atom. The minimum Gasteiger partial charge on any atom is -0.396 e. The van der Waals surface area contributed by atoms with Crippen LogP contribution in [-0.2, 0) is 20.7 Å². The number of nitrogens with zero attached hydrogens (tertiary/aromatic N) is 2. The molecule has 0 fully saturated rings. The Kier molecular flexibility index (Phi) is 16.9. The van der Waals surface area contributed by atoms with E-state index in [0.29, 0.717) is 55.0 Å². The molecule has 2 aromatic rings. The Hall–Kier alpha value is -2.58. The van der Waals surface area contributed by atoms with Crippen molar-refractivity contribution in [1.29, 1.82) is 0 Å². The van der Waals surface area contributed by atoms with Crippen molar-refractivity contribution in [2.24, 2.45) is 22.4 Å². The van der Waals surface area contributed by atoms with Gasteiger partial charge in [-0.1, -0.05) is 105 Å². The summed E-state index contributed by atoms with van der Waals surface area (Å²) in [6.45, 7) is 23.9. The van der Waals surface area contributed by atoms with E-state index >= 15 is 0 Å². The minimum absolute atomic E-state index is 0.0295. The van der Waals surface area contributed by atoms with Crippen LogP contribution in [-0.4, -0.2) is 47.4 Å². The second-order valence-electron chi connectivity index (χ2n) is 14.9. The van der Waals surface area contributed by atoms with Gasteiger partial charge in [0.05, 0.1) is 29.2 Å². The van der Waals surface area contributed by atoms with Crippen molar-refractivity contribution in [1.82, 2.24) is 10.1 Å². The van der Waals surface area contributed by atoms with Crippen LogP contribution in [0.4, 0.5) is 5.69 Å². The molecule has 1 atom stereocenters. The van der Waals surface area contributed by atoms with Gasteiger partial charge in [0, 0.05) is 41.2 Å². The standard InChI is InChI=1S/C34H52N5O3P.C3H8S.C2H6/c1-10-28(40)32(2,3)19-20-33(4,5)31(41)38-23-24-15-11-12-16-25(24)29(35)30(26-17-13-14-18-27(26)38)39(36)34(6,7)21-22-43(9,42)37-8;1-3(2)4;1-2/h11-18H,10,19-23,35-36H2,1-9H3,(H,37,42);3-4H,1-2H3;1-2H3/b30-29-;;. The molecule has 1 unspecified atom stereocenters. The van der Waals surface area contributed by atoms with Gasteiger partial charge < -0.3 is 20.2 Å². The van der Waals surface area contributed by atoms with Gasteiger partial charge in [-0.15, -0.1) is 0 Å². The summed E-state index contributed by atoms with van der Waals surface area (Å²) in [5.41, 5.74) is 9.48. The third-order valence-electron chi connectivity index (χ3n) is 9.13. The number of hydrogen-bond acceptors (Lipinski definition) is 7. The molecule has 49 heavy (non-hydrogen) atoms. The van der Waals surface area contributed by atoms with Crippen LogP contribution in [0, 0.1) is 10.8 Å². The summed E-state index contributed by atoms with van der Waals surface area (Å²) < 4.78 is 12.9. The molecule has 276 valence electrons. The number of hydrogen-bond donors (Lipinski definition) is 4. The van der Waals surface area contributed by atoms with Crippen molar-refractivity contribution in [3.8, 4) is 0 Å². The maximum atomic E-state index is 14.5. The number of nitrogens with two attached hydrogens (primary N) is 2. The van der Waals surface area contributed by atoms with Gasteiger partial charge in [0.25, 0.3) is 0 Å². The summed E-state index contributed by atoms with van der Waals surface area (Å²) in [4.78, 5) is 29.0. The highest BCUT2D eigenvalue weighted by atomic mass is 32.1. The first-order chi connectivity index (χ1) is 22.6. The molecule has 0 saturated carbocycles. The predicted molar refractivity (Wildman–Crippen MR) is 215 cm³/mol. The van der Waals surface area contributed by atoms with E-state index in [0.717, 1.165) is 22.4 Å². The number of nitrogens with one attached hydrogen (secondary N) is 1. The molecule has 1 amide bonds. The van der Waals surface area contributed by atoms with Crippen LogP contribution in [0.2, 0.25) is 0 Å². The van der Waals surface area contributed by atoms with Gasteiger partial charge in [0.2, 0.25) is 5.91 Å². The van der Waals surface area contributed by atoms with Crippen molar-refractivity contribution in [3.05, 3.63) is 65.2 Å². The number of thiol groups is 1. The first kappa shape index (κ1) is 44.4. The fraction of sp³-hybridized carbons (Fsp3) is 0.590. The number of anilines is 1. The van der Waals surface area contributed by atoms with Gasteiger partial charge in [-0.3, -0.25) is 14.7 Å². The van der Waals surface area contributed by atoms with Crippen molar-refractivity contribution in [3.63, 3.8) is 0 Å². The van der Waals surface area contributed by atoms with Gasteiger partial charge in [0.1, 0.15) is 13.1 Å². The monoisotopic (exact) mass is 715 g/mol. The molecule has 0 bridgehead atoms. The van der Waals surface area contributed by atoms with Crippen molar-refractivity contribution >= 4 is 48.7 Å². The third kappa shape index (κ3) is 12.0. The zero-order valence-electron chi connectivity index (χ0n) is 32.6. The van der Waals surface area contributed by atoms with E-state index in [1.807, 2.05) is 130 Å². The highest BCUT2D eigenvalue weighted by molar-refractivity contribution is 7.80. The summed E-state index contributed by atoms with van der Waals surface area (Å²) >= 11 is 3.97. The Labute approximate surface area is 303 Å². The topological polar surface area (TPSA) is 122 Å². The fourth-order valence-electron chi connectivity index (χ4n) is 5.54. The van der Waals surface area contributed by atoms with Gasteiger partial charge in [0.15, 0.2) is 0 Å². The van der Waals surface area contributed by atoms with Crippen LogP contribution in [0.1, 0.15) is 119 Å². The Bertz CT molecular complexity index is 1480. The molecule has 0 spiro atoms. The van der Waals surface area contributed by atoms with Crippen molar-refractivity contribution in [2.45, 2.75) is 119 Å². The number of fused-ring (bicyclic) bond motifs is 2. The molecule has 2 aromatic carbocycles. The first-order valence-corrected chi connectivity index (χ1v) is 20.5. The molecule has 5 N–H and O–H groups in total. The molecule has 10 heteroatoms. The van der Waals surface area contributed by atoms with Crippen molar-refractivity contribution in [2.75, 3.05) is 24.8 Å². The van der Waals surface area contributed by atoms with Gasteiger partial charge in [-0.25, -0.2) is 5.84 Å². The smallest absolute Gasteiger partial charge is 0.232 e. The minimum atomic E-state index is -2.52. The number of rotatable bonds is 12. The maximum absolute atomic E-state index is 14.5. The van der Waals surface area contributed by atoms with Crippen LogP contribution < -0.4 is 21.6 Å². The lowest BCUT2D eigenvalue weighted by Gasteiger charge is -2.42. The van der Waals surface area contributed by atoms with E-state index < -0.39 is 23.7 Å². The lowest BCUT2D eigenvalue weighted by atomic mass is 9.75. The molecule has 1 aliphatic rings. The summed E-state index contributed by atoms with van der Waals surface area (Å²) in [7, 11) is -0.808. The van der Waals surface area contributed by atoms with E-state index in [4.69, 9.17) is 11.6 Å². The lowest BCUT2D eigenvalue weighted by molar-refractivity contribution is -0.130. The van der Waals surface area contributed by atoms with Crippen molar-refractivity contribution < 1.29 is 14.2 Å². The zero-order chi connectivity index (χ0) is 38.0. The van der Waals surface area contributed by atoms with E-state index in [-0.39, 0.29) is 11.7 Å². The summed E-state index contributed by atoms with van der Waals surface area (Å²) in [6, 6.07) is 15.6. The van der Waals surface area contributed by atoms with E-state index in [2.05, 4.69) is 17.7 Å². The van der Waals surface area contributed by atoms with Crippen LogP contribution in [0.3, 0.4) is 0 Å². The Balaban J connectivity index is 0.00000186. The first-order valence-electron chi connectivity index (χ1n) is 17.6. The molecule has 1 aliphatic heterocycles. The number of benzene rings is 2. The average molecular weight is 716 g/mol. The molecule has 0 aliphatic carbocycles. The number of amides is 1. The predicted octanol–water partition coefficient (Wildman–Crippen LogP) is 8.95. The maximum Gasteiger partial charge on any atom is 0.232 e. The third-order valence-corrected chi connectivity index (χ3v) is 11.2. The molecule has 0 saturated heterocycles. The summed E-state index contributed by atoms with van der Waals surface area (Å²) in [6.07, 6.45) is 2.67. The summed E-state index contributed by atoms with van der Waals surface area (Å²) in [5.74, 6) is 7.15. The van der Waals surface area contributed by atoms with E-state index in [1.165, 1.54) is 0 Å². The number of Topliss-reactive ketones (excluding diaryl/α,β-unsaturated/α-hetero) is 1. The Morgan fingerprint density at radius 3 is 1.96 bits per heavy atom. The molecule has 0 radical (unpaired) electrons. The normalized spacial score (nSPS) is 16.0. The van der Waals surface area contributed by atoms with E-state index in [9.17, 15) is 14.2 Å². The molecular weight excluding hydrogens is 650 g/mol. The van der Waals surface area contributed by atoms with Crippen LogP contribution >= 0.6 is 19.9 Å². The average Bonchev–Trinajstić information content (AvgIpc) is 3.05. The number of carbonyl (C=O) groups is 2. The van der Waals surface area contributed by atoms with Crippen LogP contribution in [0.25, 0.3) is 11.4 Å². The fourth-order valence-corrected chi connectivity index (χ4v) is 6.73. The van der Waals surface area contributed by atoms with Gasteiger partial charge in [-0.05, 0) is 57.0 Å². The van der Waals surface area contributed by atoms with Gasteiger partial charge >= 0.3 is 0 Å². The molecule has 1 heterocycles. The van der Waals surface area contributed by atoms with E-state index in [1.54, 1.807) is 18.7 Å². The van der Waals surface area contributed by atoms with Crippen LogP contribution in [0.15, 0.2) is 48.5 Å². The second kappa shape index (κ2) is 18.6. The van der Waals surface area contributed by atoms with Crippen LogP contribution in [0.5, 0.6) is 0 Å². The number of para-hydroxylation sites is 1. The molecule has 3 rings (SSSR count). The number of hydrazine groups is 1. The lowest BCUT2D eigenvalue weighted by Crippen LogP contribution is -2.49. The highest BCUT2D eigenvalue weighted by Gasteiger charge is 2.39. The molecule has 0 aromatic heterocycles. The Morgan fingerprint density at radius 1 is 0.939 bits per heavy atom. The molecular formula is C39H66N5O3PS. The summed E-state index contributed by atoms with van der Waals surface area (Å²) in [5, 5.41) is 5.16. The quantitative estimate of drug-likeness (QED) is 0.0749. The second-order valence-corrected chi connectivity index (χ2v) is 19.1. The zero-order valence-corrected chi connectivity index (χ0v) is 34.4. The number of carbonyl (C=O) groups excluding carboxylic acids is 2. The number of ketones is 1. The molecule has 8 nitrogen and oxygen atoms in total. The van der Waals surface area contributed by atoms with Gasteiger partial charge in [-0.2, -0.15) is 12.6 Å².